The van der Waals surface area contributed by atoms with E-state index in [-0.39, 0.29) is 0 Å². The highest BCUT2D eigenvalue weighted by Gasteiger charge is 2.14. The molecule has 0 unspecified atom stereocenters. The molecule has 6 aromatic rings. The number of furan rings is 1. The highest BCUT2D eigenvalue weighted by Crippen LogP contribution is 2.34. The topological polar surface area (TPSA) is 38.9 Å². The van der Waals surface area contributed by atoms with Crippen molar-refractivity contribution >= 4 is 43.6 Å². The zero-order valence-corrected chi connectivity index (χ0v) is 14.4. The van der Waals surface area contributed by atoms with Gasteiger partial charge in [0.2, 0.25) is 0 Å². The summed E-state index contributed by atoms with van der Waals surface area (Å²) in [6, 6.07) is 26.8. The van der Waals surface area contributed by atoms with Crippen LogP contribution in [0.15, 0.2) is 89.5 Å². The first kappa shape index (κ1) is 14.4. The average molecular weight is 346 g/mol. The Bertz CT molecular complexity index is 1480. The Labute approximate surface area is 154 Å². The smallest absolute Gasteiger partial charge is 0.163 e. The fourth-order valence-electron chi connectivity index (χ4n) is 3.82. The minimum atomic E-state index is 0.776. The van der Waals surface area contributed by atoms with Crippen molar-refractivity contribution < 1.29 is 4.42 Å². The predicted octanol–water partition coefficient (Wildman–Crippen LogP) is 6.35. The van der Waals surface area contributed by atoms with Crippen LogP contribution in [-0.2, 0) is 0 Å². The number of hydrogen-bond donors (Lipinski definition) is 0. The SMILES string of the molecule is c1ccc2c(c1)ccc1ccc(-c3nccc4c3oc3ccccc34)nc12. The number of aromatic nitrogens is 2. The van der Waals surface area contributed by atoms with Gasteiger partial charge >= 0.3 is 0 Å². The molecule has 3 nitrogen and oxygen atoms in total. The minimum Gasteiger partial charge on any atom is -0.454 e. The van der Waals surface area contributed by atoms with Gasteiger partial charge in [-0.15, -0.1) is 0 Å². The van der Waals surface area contributed by atoms with Crippen LogP contribution in [0.3, 0.4) is 0 Å². The number of rotatable bonds is 1. The zero-order valence-electron chi connectivity index (χ0n) is 14.4. The Balaban J connectivity index is 1.69. The van der Waals surface area contributed by atoms with Gasteiger partial charge in [-0.1, -0.05) is 60.7 Å². The monoisotopic (exact) mass is 346 g/mol. The molecule has 3 aromatic carbocycles. The molecular formula is C24H14N2O. The maximum absolute atomic E-state index is 6.14. The lowest BCUT2D eigenvalue weighted by Crippen LogP contribution is -1.90. The highest BCUT2D eigenvalue weighted by atomic mass is 16.3. The normalized spacial score (nSPS) is 11.7. The molecular weight excluding hydrogens is 332 g/mol. The van der Waals surface area contributed by atoms with Crippen molar-refractivity contribution in [3.8, 4) is 11.4 Å². The van der Waals surface area contributed by atoms with Gasteiger partial charge < -0.3 is 4.42 Å². The van der Waals surface area contributed by atoms with Crippen LogP contribution in [0.5, 0.6) is 0 Å². The number of hydrogen-bond acceptors (Lipinski definition) is 3. The molecule has 0 aliphatic rings. The van der Waals surface area contributed by atoms with E-state index in [9.17, 15) is 0 Å². The second-order valence-electron chi connectivity index (χ2n) is 6.69. The van der Waals surface area contributed by atoms with Crippen molar-refractivity contribution in [1.29, 1.82) is 0 Å². The predicted molar refractivity (Wildman–Crippen MR) is 110 cm³/mol. The van der Waals surface area contributed by atoms with Gasteiger partial charge in [-0.3, -0.25) is 4.98 Å². The lowest BCUT2D eigenvalue weighted by atomic mass is 10.1. The average Bonchev–Trinajstić information content (AvgIpc) is 3.12. The van der Waals surface area contributed by atoms with Crippen molar-refractivity contribution in [2.24, 2.45) is 0 Å². The Kier molecular flexibility index (Phi) is 2.88. The second kappa shape index (κ2) is 5.39. The van der Waals surface area contributed by atoms with Gasteiger partial charge in [0, 0.05) is 27.7 Å². The summed E-state index contributed by atoms with van der Waals surface area (Å²) >= 11 is 0. The largest absolute Gasteiger partial charge is 0.454 e. The number of para-hydroxylation sites is 1. The van der Waals surface area contributed by atoms with E-state index in [1.54, 1.807) is 0 Å². The first-order valence-electron chi connectivity index (χ1n) is 8.94. The summed E-state index contributed by atoms with van der Waals surface area (Å²) in [5, 5.41) is 5.62. The minimum absolute atomic E-state index is 0.776. The molecule has 0 fully saturated rings. The van der Waals surface area contributed by atoms with Crippen LogP contribution < -0.4 is 0 Å². The van der Waals surface area contributed by atoms with Crippen molar-refractivity contribution in [3.63, 3.8) is 0 Å². The van der Waals surface area contributed by atoms with Crippen LogP contribution in [0.2, 0.25) is 0 Å². The van der Waals surface area contributed by atoms with Crippen molar-refractivity contribution in [2.45, 2.75) is 0 Å². The molecule has 6 rings (SSSR count). The molecule has 0 aliphatic heterocycles. The highest BCUT2D eigenvalue weighted by molar-refractivity contribution is 6.09. The number of benzene rings is 3. The van der Waals surface area contributed by atoms with Crippen LogP contribution in [0.4, 0.5) is 0 Å². The van der Waals surface area contributed by atoms with Crippen molar-refractivity contribution in [2.75, 3.05) is 0 Å². The third-order valence-electron chi connectivity index (χ3n) is 5.12. The van der Waals surface area contributed by atoms with Gasteiger partial charge in [-0.05, 0) is 23.6 Å². The molecule has 3 aromatic heterocycles. The van der Waals surface area contributed by atoms with E-state index in [4.69, 9.17) is 9.40 Å². The molecule has 0 saturated carbocycles. The van der Waals surface area contributed by atoms with E-state index in [0.29, 0.717) is 0 Å². The van der Waals surface area contributed by atoms with E-state index in [1.165, 1.54) is 5.39 Å². The van der Waals surface area contributed by atoms with E-state index < -0.39 is 0 Å². The molecule has 0 aliphatic carbocycles. The summed E-state index contributed by atoms with van der Waals surface area (Å²) in [5.41, 5.74) is 4.24. The standard InChI is InChI=1S/C24H14N2O/c1-2-6-17-15(5-1)9-10-16-11-12-20(26-22(16)17)23-24-19(13-14-25-23)18-7-3-4-8-21(18)27-24/h1-14H. The number of fused-ring (bicyclic) bond motifs is 6. The van der Waals surface area contributed by atoms with Crippen LogP contribution in [0.1, 0.15) is 0 Å². The summed E-state index contributed by atoms with van der Waals surface area (Å²) in [5.74, 6) is 0. The fourth-order valence-corrected chi connectivity index (χ4v) is 3.82. The van der Waals surface area contributed by atoms with Crippen LogP contribution in [0.25, 0.3) is 55.0 Å². The van der Waals surface area contributed by atoms with Gasteiger partial charge in [-0.2, -0.15) is 0 Å². The molecule has 0 saturated heterocycles. The van der Waals surface area contributed by atoms with E-state index in [2.05, 4.69) is 47.4 Å². The van der Waals surface area contributed by atoms with E-state index in [1.807, 2.05) is 42.6 Å². The van der Waals surface area contributed by atoms with E-state index in [0.717, 1.165) is 49.6 Å². The summed E-state index contributed by atoms with van der Waals surface area (Å²) < 4.78 is 6.14. The summed E-state index contributed by atoms with van der Waals surface area (Å²) in [7, 11) is 0. The van der Waals surface area contributed by atoms with Crippen LogP contribution in [-0.4, -0.2) is 9.97 Å². The molecule has 0 atom stereocenters. The fraction of sp³-hybridized carbons (Fsp3) is 0. The summed E-state index contributed by atoms with van der Waals surface area (Å²) in [4.78, 5) is 9.57. The molecule has 3 heterocycles. The Hall–Kier alpha value is -3.72. The Morgan fingerprint density at radius 3 is 2.37 bits per heavy atom. The maximum Gasteiger partial charge on any atom is 0.163 e. The first-order chi connectivity index (χ1) is 13.4. The molecule has 0 bridgehead atoms. The van der Waals surface area contributed by atoms with Crippen LogP contribution in [0, 0.1) is 0 Å². The molecule has 0 spiro atoms. The summed E-state index contributed by atoms with van der Waals surface area (Å²) in [6.45, 7) is 0. The molecule has 0 N–H and O–H groups in total. The molecule has 126 valence electrons. The maximum atomic E-state index is 6.14. The van der Waals surface area contributed by atoms with Gasteiger partial charge in [0.25, 0.3) is 0 Å². The lowest BCUT2D eigenvalue weighted by molar-refractivity contribution is 0.668. The third kappa shape index (κ3) is 2.09. The quantitative estimate of drug-likeness (QED) is 0.326. The number of nitrogens with zero attached hydrogens (tertiary/aromatic N) is 2. The van der Waals surface area contributed by atoms with Gasteiger partial charge in [0.05, 0.1) is 11.2 Å². The third-order valence-corrected chi connectivity index (χ3v) is 5.12. The van der Waals surface area contributed by atoms with Gasteiger partial charge in [0.15, 0.2) is 5.58 Å². The molecule has 0 amide bonds. The van der Waals surface area contributed by atoms with Gasteiger partial charge in [0.1, 0.15) is 11.3 Å². The van der Waals surface area contributed by atoms with E-state index >= 15 is 0 Å². The van der Waals surface area contributed by atoms with Crippen molar-refractivity contribution in [1.82, 2.24) is 9.97 Å². The number of pyridine rings is 2. The lowest BCUT2D eigenvalue weighted by Gasteiger charge is -2.06. The van der Waals surface area contributed by atoms with Crippen molar-refractivity contribution in [3.05, 3.63) is 85.1 Å². The zero-order chi connectivity index (χ0) is 17.8. The molecule has 3 heteroatoms. The van der Waals surface area contributed by atoms with Crippen LogP contribution >= 0.6 is 0 Å². The Morgan fingerprint density at radius 2 is 1.41 bits per heavy atom. The molecule has 0 radical (unpaired) electrons. The van der Waals surface area contributed by atoms with Gasteiger partial charge in [-0.25, -0.2) is 4.98 Å². The first-order valence-corrected chi connectivity index (χ1v) is 8.94. The second-order valence-corrected chi connectivity index (χ2v) is 6.69. The Morgan fingerprint density at radius 1 is 0.630 bits per heavy atom. The molecule has 27 heavy (non-hydrogen) atoms. The summed E-state index contributed by atoms with van der Waals surface area (Å²) in [6.07, 6.45) is 1.83.